The standard InChI is InChI=1S/C43H59N7O7S/c1-5-6-8-13-31-24-33-30(14-11-16-34(33)48-39(31)44)15-12-22-45-43(56)57-26-29-18-20-32(21-19-29)47-40(53)28(4)46-41(54)38(27(2)3)49-36(51)17-9-7-10-23-50-37(52)25-35(58)42(50)55/h11,14,16,18-21,24,27-28,35,38,58H,5-10,12-13,15,17,22-23,25-26H2,1-4H3,(H2,44,48)(H,45,56)(H,46,54)(H,47,53)(H,49,51)/t28-,35?,38?/m0/s1. The van der Waals surface area contributed by atoms with Gasteiger partial charge in [-0.3, -0.25) is 28.9 Å². The first kappa shape index (κ1) is 45.5. The molecule has 1 aromatic heterocycles. The molecular formula is C43H59N7O7S. The largest absolute Gasteiger partial charge is 0.445 e. The number of nitrogens with two attached hydrogens (primary N) is 1. The van der Waals surface area contributed by atoms with Crippen LogP contribution in [-0.4, -0.2) is 75.9 Å². The Bertz CT molecular complexity index is 1910. The van der Waals surface area contributed by atoms with Gasteiger partial charge in [0.15, 0.2) is 0 Å². The van der Waals surface area contributed by atoms with Gasteiger partial charge in [-0.25, -0.2) is 9.78 Å². The normalized spacial score (nSPS) is 15.0. The Labute approximate surface area is 346 Å². The summed E-state index contributed by atoms with van der Waals surface area (Å²) >= 11 is 4.12. The molecule has 15 heteroatoms. The van der Waals surface area contributed by atoms with Crippen LogP contribution in [0.2, 0.25) is 0 Å². The molecule has 3 atom stereocenters. The number of likely N-dealkylation sites (tertiary alicyclic amines) is 1. The van der Waals surface area contributed by atoms with Crippen LogP contribution < -0.4 is 27.0 Å². The number of pyridine rings is 1. The van der Waals surface area contributed by atoms with E-state index in [1.807, 2.05) is 12.1 Å². The van der Waals surface area contributed by atoms with Gasteiger partial charge in [0.25, 0.3) is 0 Å². The quantitative estimate of drug-likeness (QED) is 0.0424. The Morgan fingerprint density at radius 2 is 1.66 bits per heavy atom. The van der Waals surface area contributed by atoms with Crippen LogP contribution in [0.3, 0.4) is 0 Å². The number of unbranched alkanes of at least 4 members (excludes halogenated alkanes) is 4. The molecule has 2 aromatic carbocycles. The first-order valence-corrected chi connectivity index (χ1v) is 20.9. The molecule has 0 bridgehead atoms. The highest BCUT2D eigenvalue weighted by Crippen LogP contribution is 2.25. The van der Waals surface area contributed by atoms with Gasteiger partial charge in [-0.1, -0.05) is 64.3 Å². The van der Waals surface area contributed by atoms with Crippen LogP contribution in [-0.2, 0) is 48.2 Å². The first-order valence-electron chi connectivity index (χ1n) is 20.4. The monoisotopic (exact) mass is 817 g/mol. The highest BCUT2D eigenvalue weighted by molar-refractivity contribution is 7.81. The number of aromatic nitrogens is 1. The molecule has 14 nitrogen and oxygen atoms in total. The smallest absolute Gasteiger partial charge is 0.407 e. The topological polar surface area (TPSA) is 202 Å². The van der Waals surface area contributed by atoms with E-state index in [1.54, 1.807) is 45.0 Å². The Morgan fingerprint density at radius 3 is 2.34 bits per heavy atom. The molecule has 1 fully saturated rings. The van der Waals surface area contributed by atoms with E-state index in [1.165, 1.54) is 4.90 Å². The average Bonchev–Trinajstić information content (AvgIpc) is 3.43. The van der Waals surface area contributed by atoms with E-state index in [0.29, 0.717) is 43.9 Å². The van der Waals surface area contributed by atoms with Gasteiger partial charge in [-0.15, -0.1) is 0 Å². The summed E-state index contributed by atoms with van der Waals surface area (Å²) in [4.78, 5) is 80.8. The molecule has 0 saturated carbocycles. The summed E-state index contributed by atoms with van der Waals surface area (Å²) < 4.78 is 5.39. The minimum Gasteiger partial charge on any atom is -0.445 e. The maximum absolute atomic E-state index is 13.1. The van der Waals surface area contributed by atoms with E-state index >= 15 is 0 Å². The molecular weight excluding hydrogens is 759 g/mol. The predicted molar refractivity (Wildman–Crippen MR) is 228 cm³/mol. The number of nitrogen functional groups attached to an aromatic ring is 1. The van der Waals surface area contributed by atoms with Crippen LogP contribution in [0.1, 0.15) is 102 Å². The number of nitrogens with zero attached hydrogens (tertiary/aromatic N) is 2. The molecule has 314 valence electrons. The number of imide groups is 1. The third-order valence-electron chi connectivity index (χ3n) is 10.1. The van der Waals surface area contributed by atoms with E-state index in [2.05, 4.69) is 57.9 Å². The molecule has 0 radical (unpaired) electrons. The third-order valence-corrected chi connectivity index (χ3v) is 10.5. The van der Waals surface area contributed by atoms with Crippen molar-refractivity contribution in [1.82, 2.24) is 25.8 Å². The van der Waals surface area contributed by atoms with Crippen LogP contribution in [0.4, 0.5) is 16.3 Å². The number of hydrogen-bond donors (Lipinski definition) is 6. The number of carbonyl (C=O) groups excluding carboxylic acids is 6. The SMILES string of the molecule is CCCCCc1cc2c(CCCNC(=O)OCc3ccc(NC(=O)[C@H](C)NC(=O)C(NC(=O)CCCCCN4C(=O)CC(S)C4=O)C(C)C)cc3)cccc2nc1N. The van der Waals surface area contributed by atoms with Crippen molar-refractivity contribution in [3.8, 4) is 0 Å². The van der Waals surface area contributed by atoms with E-state index in [4.69, 9.17) is 10.5 Å². The Morgan fingerprint density at radius 1 is 0.914 bits per heavy atom. The minimum atomic E-state index is -0.894. The van der Waals surface area contributed by atoms with Crippen molar-refractivity contribution in [2.24, 2.45) is 5.92 Å². The molecule has 58 heavy (non-hydrogen) atoms. The summed E-state index contributed by atoms with van der Waals surface area (Å²) in [5.74, 6) is -1.38. The van der Waals surface area contributed by atoms with Gasteiger partial charge in [-0.05, 0) is 92.3 Å². The summed E-state index contributed by atoms with van der Waals surface area (Å²) in [5.41, 5.74) is 10.6. The number of aryl methyl sites for hydroxylation is 2. The second-order valence-electron chi connectivity index (χ2n) is 15.2. The van der Waals surface area contributed by atoms with Crippen molar-refractivity contribution < 1.29 is 33.5 Å². The molecule has 6 N–H and O–H groups in total. The fourth-order valence-corrected chi connectivity index (χ4v) is 6.98. The number of alkyl carbamates (subject to hydrolysis) is 1. The van der Waals surface area contributed by atoms with Crippen molar-refractivity contribution in [2.45, 2.75) is 122 Å². The maximum Gasteiger partial charge on any atom is 0.407 e. The van der Waals surface area contributed by atoms with Gasteiger partial charge < -0.3 is 31.7 Å². The van der Waals surface area contributed by atoms with Crippen LogP contribution in [0, 0.1) is 5.92 Å². The van der Waals surface area contributed by atoms with Crippen molar-refractivity contribution >= 4 is 70.7 Å². The number of ether oxygens (including phenoxy) is 1. The predicted octanol–water partition coefficient (Wildman–Crippen LogP) is 5.61. The molecule has 1 saturated heterocycles. The molecule has 3 aromatic rings. The number of rotatable bonds is 22. The van der Waals surface area contributed by atoms with Crippen LogP contribution in [0.15, 0.2) is 48.5 Å². The fraction of sp³-hybridized carbons (Fsp3) is 0.512. The lowest BCUT2D eigenvalue weighted by Crippen LogP contribution is -2.53. The lowest BCUT2D eigenvalue weighted by atomic mass is 10.00. The Kier molecular flexibility index (Phi) is 17.8. The summed E-state index contributed by atoms with van der Waals surface area (Å²) in [6.45, 7) is 8.12. The summed E-state index contributed by atoms with van der Waals surface area (Å²) in [6, 6.07) is 13.3. The lowest BCUT2D eigenvalue weighted by Gasteiger charge is -2.24. The van der Waals surface area contributed by atoms with Gasteiger partial charge in [0.2, 0.25) is 29.5 Å². The average molecular weight is 818 g/mol. The van der Waals surface area contributed by atoms with E-state index in [-0.39, 0.29) is 43.1 Å². The molecule has 6 amide bonds. The van der Waals surface area contributed by atoms with E-state index in [0.717, 1.165) is 66.1 Å². The fourth-order valence-electron chi connectivity index (χ4n) is 6.68. The van der Waals surface area contributed by atoms with E-state index in [9.17, 15) is 28.8 Å². The molecule has 0 spiro atoms. The number of nitrogens with one attached hydrogen (secondary N) is 4. The van der Waals surface area contributed by atoms with Gasteiger partial charge in [0.05, 0.1) is 10.8 Å². The summed E-state index contributed by atoms with van der Waals surface area (Å²) in [7, 11) is 0. The van der Waals surface area contributed by atoms with Gasteiger partial charge in [-0.2, -0.15) is 12.6 Å². The zero-order chi connectivity index (χ0) is 42.2. The van der Waals surface area contributed by atoms with Crippen molar-refractivity contribution in [3.05, 3.63) is 65.2 Å². The highest BCUT2D eigenvalue weighted by Gasteiger charge is 2.35. The van der Waals surface area contributed by atoms with Gasteiger partial charge in [0.1, 0.15) is 24.5 Å². The number of fused-ring (bicyclic) bond motifs is 1. The van der Waals surface area contributed by atoms with Crippen LogP contribution in [0.25, 0.3) is 10.9 Å². The molecule has 2 heterocycles. The van der Waals surface area contributed by atoms with Crippen molar-refractivity contribution in [1.29, 1.82) is 0 Å². The highest BCUT2D eigenvalue weighted by atomic mass is 32.1. The maximum atomic E-state index is 13.1. The minimum absolute atomic E-state index is 0.0451. The number of thiol groups is 1. The third kappa shape index (κ3) is 13.7. The van der Waals surface area contributed by atoms with Crippen LogP contribution >= 0.6 is 12.6 Å². The van der Waals surface area contributed by atoms with Crippen molar-refractivity contribution in [3.63, 3.8) is 0 Å². The van der Waals surface area contributed by atoms with Gasteiger partial charge in [0, 0.05) is 37.0 Å². The first-order chi connectivity index (χ1) is 27.8. The Hall–Kier alpha value is -5.18. The second kappa shape index (κ2) is 22.7. The number of carbonyl (C=O) groups is 6. The Balaban J connectivity index is 1.13. The summed E-state index contributed by atoms with van der Waals surface area (Å²) in [6.07, 6.45) is 7.25. The number of anilines is 2. The molecule has 1 aliphatic rings. The van der Waals surface area contributed by atoms with Crippen LogP contribution in [0.5, 0.6) is 0 Å². The number of hydrogen-bond acceptors (Lipinski definition) is 10. The molecule has 1 aliphatic heterocycles. The number of amides is 6. The second-order valence-corrected chi connectivity index (χ2v) is 15.8. The molecule has 2 unspecified atom stereocenters. The summed E-state index contributed by atoms with van der Waals surface area (Å²) in [5, 5.41) is 11.5. The lowest BCUT2D eigenvalue weighted by molar-refractivity contribution is -0.138. The van der Waals surface area contributed by atoms with Crippen molar-refractivity contribution in [2.75, 3.05) is 24.1 Å². The van der Waals surface area contributed by atoms with Gasteiger partial charge >= 0.3 is 6.09 Å². The zero-order valence-corrected chi connectivity index (χ0v) is 35.0. The molecule has 0 aliphatic carbocycles. The zero-order valence-electron chi connectivity index (χ0n) is 34.1. The number of benzene rings is 2. The van der Waals surface area contributed by atoms with E-state index < -0.39 is 35.2 Å². The molecule has 4 rings (SSSR count).